The maximum absolute atomic E-state index is 13.0. The van der Waals surface area contributed by atoms with E-state index in [1.54, 1.807) is 48.5 Å². The van der Waals surface area contributed by atoms with Crippen molar-refractivity contribution in [1.29, 1.82) is 0 Å². The van der Waals surface area contributed by atoms with Crippen molar-refractivity contribution < 1.29 is 4.79 Å². The Morgan fingerprint density at radius 3 is 1.81 bits per heavy atom. The van der Waals surface area contributed by atoms with Crippen LogP contribution in [0.1, 0.15) is 15.9 Å². The third-order valence-electron chi connectivity index (χ3n) is 3.63. The number of nitrogens with one attached hydrogen (secondary N) is 1. The molecule has 3 aromatic rings. The molecule has 26 heavy (non-hydrogen) atoms. The molecule has 0 saturated heterocycles. The lowest BCUT2D eigenvalue weighted by Crippen LogP contribution is -2.46. The fraction of sp³-hybridized carbons (Fsp3) is 0. The van der Waals surface area contributed by atoms with Gasteiger partial charge in [-0.25, -0.2) is 5.01 Å². The zero-order chi connectivity index (χ0) is 18.5. The molecule has 6 heteroatoms. The van der Waals surface area contributed by atoms with Gasteiger partial charge in [0, 0.05) is 21.2 Å². The van der Waals surface area contributed by atoms with Crippen LogP contribution in [0.2, 0.25) is 10.0 Å². The second-order valence-electron chi connectivity index (χ2n) is 5.43. The van der Waals surface area contributed by atoms with Gasteiger partial charge in [-0.1, -0.05) is 65.8 Å². The number of amides is 1. The highest BCUT2D eigenvalue weighted by atomic mass is 35.5. The van der Waals surface area contributed by atoms with Gasteiger partial charge in [-0.3, -0.25) is 10.2 Å². The van der Waals surface area contributed by atoms with E-state index in [2.05, 4.69) is 5.43 Å². The summed E-state index contributed by atoms with van der Waals surface area (Å²) >= 11 is 17.3. The third-order valence-corrected chi connectivity index (χ3v) is 4.46. The largest absolute Gasteiger partial charge is 0.280 e. The lowest BCUT2D eigenvalue weighted by atomic mass is 10.2. The quantitative estimate of drug-likeness (QED) is 0.463. The molecular formula is C20H14Cl2N2OS. The first-order valence-electron chi connectivity index (χ1n) is 7.76. The first kappa shape index (κ1) is 18.4. The van der Waals surface area contributed by atoms with Crippen molar-refractivity contribution in [3.05, 3.63) is 100 Å². The second-order valence-corrected chi connectivity index (χ2v) is 6.71. The van der Waals surface area contributed by atoms with E-state index < -0.39 is 0 Å². The van der Waals surface area contributed by atoms with Crippen LogP contribution in [0.25, 0.3) is 0 Å². The van der Waals surface area contributed by atoms with Crippen molar-refractivity contribution in [3.63, 3.8) is 0 Å². The van der Waals surface area contributed by atoms with Gasteiger partial charge in [-0.15, -0.1) is 0 Å². The molecule has 3 rings (SSSR count). The Kier molecular flexibility index (Phi) is 5.89. The first-order valence-corrected chi connectivity index (χ1v) is 8.92. The Hall–Kier alpha value is -2.40. The molecule has 0 atom stereocenters. The van der Waals surface area contributed by atoms with E-state index >= 15 is 0 Å². The average Bonchev–Trinajstić information content (AvgIpc) is 2.67. The van der Waals surface area contributed by atoms with Crippen molar-refractivity contribution in [2.24, 2.45) is 0 Å². The van der Waals surface area contributed by atoms with Crippen LogP contribution in [-0.4, -0.2) is 10.9 Å². The lowest BCUT2D eigenvalue weighted by molar-refractivity contribution is 0.0981. The molecule has 3 aromatic carbocycles. The summed E-state index contributed by atoms with van der Waals surface area (Å²) in [6.07, 6.45) is 0. The van der Waals surface area contributed by atoms with Crippen LogP contribution >= 0.6 is 35.4 Å². The van der Waals surface area contributed by atoms with E-state index in [0.29, 0.717) is 26.3 Å². The molecule has 0 bridgehead atoms. The van der Waals surface area contributed by atoms with Gasteiger partial charge in [0.2, 0.25) is 0 Å². The summed E-state index contributed by atoms with van der Waals surface area (Å²) in [7, 11) is 0. The van der Waals surface area contributed by atoms with Crippen LogP contribution < -0.4 is 10.4 Å². The van der Waals surface area contributed by atoms with Gasteiger partial charge in [0.25, 0.3) is 5.91 Å². The highest BCUT2D eigenvalue weighted by Gasteiger charge is 2.19. The van der Waals surface area contributed by atoms with Crippen molar-refractivity contribution in [2.45, 2.75) is 0 Å². The zero-order valence-corrected chi connectivity index (χ0v) is 15.9. The molecule has 0 fully saturated rings. The molecule has 0 aliphatic heterocycles. The number of thiocarbonyl (C=S) groups is 1. The zero-order valence-electron chi connectivity index (χ0n) is 13.5. The normalized spacial score (nSPS) is 10.2. The Bertz CT molecular complexity index is 913. The highest BCUT2D eigenvalue weighted by Crippen LogP contribution is 2.18. The standard InChI is InChI=1S/C20H14Cl2N2OS/c21-16-10-6-14(7-11-16)19(26)23-24(18-4-2-1-3-5-18)20(25)15-8-12-17(22)13-9-15/h1-13H,(H,23,26). The summed E-state index contributed by atoms with van der Waals surface area (Å²) in [6, 6.07) is 23.0. The van der Waals surface area contributed by atoms with E-state index in [0.717, 1.165) is 5.56 Å². The minimum Gasteiger partial charge on any atom is -0.280 e. The molecule has 0 heterocycles. The number of hydrazine groups is 1. The Labute approximate surface area is 167 Å². The summed E-state index contributed by atoms with van der Waals surface area (Å²) in [5.74, 6) is -0.246. The SMILES string of the molecule is O=C(c1ccc(Cl)cc1)N(NC(=S)c1ccc(Cl)cc1)c1ccccc1. The second kappa shape index (κ2) is 8.32. The summed E-state index contributed by atoms with van der Waals surface area (Å²) in [5, 5.41) is 2.60. The Morgan fingerprint density at radius 1 is 0.769 bits per heavy atom. The minimum absolute atomic E-state index is 0.246. The average molecular weight is 401 g/mol. The summed E-state index contributed by atoms with van der Waals surface area (Å²) in [4.78, 5) is 13.4. The van der Waals surface area contributed by atoms with Crippen LogP contribution in [0, 0.1) is 0 Å². The number of carbonyl (C=O) groups is 1. The van der Waals surface area contributed by atoms with Crippen LogP contribution in [0.3, 0.4) is 0 Å². The number of rotatable bonds is 3. The van der Waals surface area contributed by atoms with E-state index in [9.17, 15) is 4.79 Å². The van der Waals surface area contributed by atoms with Gasteiger partial charge in [0.15, 0.2) is 0 Å². The molecule has 1 amide bonds. The minimum atomic E-state index is -0.246. The number of para-hydroxylation sites is 1. The maximum atomic E-state index is 13.0. The van der Waals surface area contributed by atoms with E-state index in [1.807, 2.05) is 30.3 Å². The molecule has 0 saturated carbocycles. The third kappa shape index (κ3) is 4.41. The van der Waals surface area contributed by atoms with E-state index in [4.69, 9.17) is 35.4 Å². The Morgan fingerprint density at radius 2 is 1.27 bits per heavy atom. The Balaban J connectivity index is 1.91. The lowest BCUT2D eigenvalue weighted by Gasteiger charge is -2.25. The number of carbonyl (C=O) groups excluding carboxylic acids is 1. The van der Waals surface area contributed by atoms with Gasteiger partial charge in [0.05, 0.1) is 5.69 Å². The van der Waals surface area contributed by atoms with Crippen LogP contribution in [-0.2, 0) is 0 Å². The molecule has 3 nitrogen and oxygen atoms in total. The van der Waals surface area contributed by atoms with Crippen molar-refractivity contribution >= 4 is 52.0 Å². The van der Waals surface area contributed by atoms with Crippen molar-refractivity contribution in [1.82, 2.24) is 5.43 Å². The fourth-order valence-corrected chi connectivity index (χ4v) is 2.78. The number of nitrogens with zero attached hydrogens (tertiary/aromatic N) is 1. The molecule has 0 aromatic heterocycles. The predicted octanol–water partition coefficient (Wildman–Crippen LogP) is 5.52. The molecule has 0 spiro atoms. The predicted molar refractivity (Wildman–Crippen MR) is 111 cm³/mol. The molecule has 0 aliphatic carbocycles. The number of anilines is 1. The van der Waals surface area contributed by atoms with Crippen LogP contribution in [0.15, 0.2) is 78.9 Å². The molecule has 0 unspecified atom stereocenters. The van der Waals surface area contributed by atoms with E-state index in [-0.39, 0.29) is 5.91 Å². The summed E-state index contributed by atoms with van der Waals surface area (Å²) in [5.41, 5.74) is 4.94. The molecular weight excluding hydrogens is 387 g/mol. The molecule has 0 radical (unpaired) electrons. The maximum Gasteiger partial charge on any atom is 0.276 e. The number of hydrogen-bond acceptors (Lipinski definition) is 2. The van der Waals surface area contributed by atoms with Crippen molar-refractivity contribution in [2.75, 3.05) is 5.01 Å². The van der Waals surface area contributed by atoms with Gasteiger partial charge in [0.1, 0.15) is 4.99 Å². The van der Waals surface area contributed by atoms with E-state index in [1.165, 1.54) is 5.01 Å². The van der Waals surface area contributed by atoms with Crippen LogP contribution in [0.4, 0.5) is 5.69 Å². The first-order chi connectivity index (χ1) is 12.5. The van der Waals surface area contributed by atoms with Gasteiger partial charge >= 0.3 is 0 Å². The van der Waals surface area contributed by atoms with Gasteiger partial charge in [-0.05, 0) is 48.5 Å². The molecule has 130 valence electrons. The van der Waals surface area contributed by atoms with Gasteiger partial charge in [-0.2, -0.15) is 0 Å². The smallest absolute Gasteiger partial charge is 0.276 e. The van der Waals surface area contributed by atoms with Gasteiger partial charge < -0.3 is 0 Å². The molecule has 1 N–H and O–H groups in total. The number of hydrogen-bond donors (Lipinski definition) is 1. The molecule has 0 aliphatic rings. The topological polar surface area (TPSA) is 32.3 Å². The highest BCUT2D eigenvalue weighted by molar-refractivity contribution is 7.80. The summed E-state index contributed by atoms with van der Waals surface area (Å²) < 4.78 is 0. The van der Waals surface area contributed by atoms with Crippen LogP contribution in [0.5, 0.6) is 0 Å². The number of halogens is 2. The number of benzene rings is 3. The summed E-state index contributed by atoms with van der Waals surface area (Å²) in [6.45, 7) is 0. The van der Waals surface area contributed by atoms with Crippen molar-refractivity contribution in [3.8, 4) is 0 Å². The monoisotopic (exact) mass is 400 g/mol. The fourth-order valence-electron chi connectivity index (χ4n) is 2.30.